The number of thiophene rings is 1. The fourth-order valence-corrected chi connectivity index (χ4v) is 5.26. The first-order valence-electron chi connectivity index (χ1n) is 10.3. The quantitative estimate of drug-likeness (QED) is 0.592. The predicted octanol–water partition coefficient (Wildman–Crippen LogP) is 5.81. The van der Waals surface area contributed by atoms with Gasteiger partial charge in [0.25, 0.3) is 0 Å². The van der Waals surface area contributed by atoms with Crippen LogP contribution in [0.1, 0.15) is 46.2 Å². The number of aliphatic hydroxyl groups excluding tert-OH is 1. The van der Waals surface area contributed by atoms with Crippen LogP contribution in [0, 0.1) is 6.92 Å². The van der Waals surface area contributed by atoms with Crippen LogP contribution in [-0.2, 0) is 21.7 Å². The molecule has 2 saturated heterocycles. The van der Waals surface area contributed by atoms with E-state index in [1.54, 1.807) is 17.4 Å². The molecule has 2 aliphatic heterocycles. The van der Waals surface area contributed by atoms with Crippen molar-refractivity contribution in [3.05, 3.63) is 87.4 Å². The molecule has 0 spiro atoms. The van der Waals surface area contributed by atoms with Gasteiger partial charge in [0.05, 0.1) is 18.8 Å². The third kappa shape index (κ3) is 4.35. The Labute approximate surface area is 181 Å². The van der Waals surface area contributed by atoms with Crippen LogP contribution in [-0.4, -0.2) is 23.9 Å². The summed E-state index contributed by atoms with van der Waals surface area (Å²) in [5.41, 5.74) is 4.36. The molecular weight excluding hydrogens is 399 g/mol. The van der Waals surface area contributed by atoms with Gasteiger partial charge in [-0.1, -0.05) is 30.9 Å². The normalized spacial score (nSPS) is 26.5. The molecule has 1 aromatic heterocycles. The van der Waals surface area contributed by atoms with Gasteiger partial charge in [-0.3, -0.25) is 0 Å². The molecule has 3 heterocycles. The molecule has 2 aromatic rings. The zero-order valence-corrected chi connectivity index (χ0v) is 18.2. The highest BCUT2D eigenvalue weighted by Gasteiger charge is 2.49. The number of aliphatic hydroxyl groups is 1. The SMILES string of the molecule is C=C(F)/C=C\C(=C/C)c1ccc(Cc2cc(C34CC(O)CC(CO3)O4)ccc2C)s1. The molecule has 158 valence electrons. The van der Waals surface area contributed by atoms with Gasteiger partial charge in [-0.2, -0.15) is 0 Å². The number of aryl methyl sites for hydroxylation is 1. The van der Waals surface area contributed by atoms with E-state index in [-0.39, 0.29) is 6.10 Å². The summed E-state index contributed by atoms with van der Waals surface area (Å²) in [6.07, 6.45) is 6.57. The average Bonchev–Trinajstić information content (AvgIpc) is 3.28. The third-order valence-corrected chi connectivity index (χ3v) is 6.89. The second-order valence-corrected chi connectivity index (χ2v) is 9.17. The topological polar surface area (TPSA) is 38.7 Å². The van der Waals surface area contributed by atoms with Crippen LogP contribution >= 0.6 is 11.3 Å². The summed E-state index contributed by atoms with van der Waals surface area (Å²) in [6.45, 7) is 7.86. The number of allylic oxidation sites excluding steroid dienone is 5. The zero-order chi connectivity index (χ0) is 21.3. The van der Waals surface area contributed by atoms with E-state index in [4.69, 9.17) is 9.47 Å². The third-order valence-electron chi connectivity index (χ3n) is 5.75. The molecule has 3 nitrogen and oxygen atoms in total. The molecule has 0 aliphatic carbocycles. The van der Waals surface area contributed by atoms with Crippen molar-refractivity contribution in [2.24, 2.45) is 0 Å². The first kappa shape index (κ1) is 21.2. The van der Waals surface area contributed by atoms with Crippen LogP contribution < -0.4 is 0 Å². The van der Waals surface area contributed by atoms with Gasteiger partial charge in [0.1, 0.15) is 5.83 Å². The number of hydrogen-bond donors (Lipinski definition) is 1. The number of halogens is 1. The van der Waals surface area contributed by atoms with E-state index in [1.165, 1.54) is 22.1 Å². The van der Waals surface area contributed by atoms with E-state index in [0.29, 0.717) is 19.4 Å². The van der Waals surface area contributed by atoms with E-state index in [2.05, 4.69) is 37.8 Å². The molecule has 0 radical (unpaired) electrons. The Hall–Kier alpha value is -2.05. The maximum atomic E-state index is 13.0. The molecule has 4 rings (SSSR count). The summed E-state index contributed by atoms with van der Waals surface area (Å²) in [6, 6.07) is 10.5. The zero-order valence-electron chi connectivity index (χ0n) is 17.4. The molecule has 3 atom stereocenters. The minimum atomic E-state index is -0.830. The van der Waals surface area contributed by atoms with Gasteiger partial charge < -0.3 is 14.6 Å². The van der Waals surface area contributed by atoms with E-state index >= 15 is 0 Å². The summed E-state index contributed by atoms with van der Waals surface area (Å²) < 4.78 is 25.2. The largest absolute Gasteiger partial charge is 0.393 e. The van der Waals surface area contributed by atoms with Crippen molar-refractivity contribution in [3.63, 3.8) is 0 Å². The van der Waals surface area contributed by atoms with E-state index in [1.807, 2.05) is 19.1 Å². The number of ether oxygens (including phenoxy) is 2. The maximum Gasteiger partial charge on any atom is 0.197 e. The number of fused-ring (bicyclic) bond motifs is 2. The number of rotatable bonds is 6. The van der Waals surface area contributed by atoms with Crippen molar-refractivity contribution in [2.75, 3.05) is 6.61 Å². The first-order chi connectivity index (χ1) is 14.4. The van der Waals surface area contributed by atoms with Crippen LogP contribution in [0.15, 0.2) is 61.0 Å². The van der Waals surface area contributed by atoms with E-state index in [0.717, 1.165) is 22.4 Å². The lowest BCUT2D eigenvalue weighted by atomic mass is 9.91. The van der Waals surface area contributed by atoms with Gasteiger partial charge in [0.2, 0.25) is 0 Å². The van der Waals surface area contributed by atoms with Gasteiger partial charge in [0, 0.05) is 34.6 Å². The summed E-state index contributed by atoms with van der Waals surface area (Å²) >= 11 is 1.70. The lowest BCUT2D eigenvalue weighted by molar-refractivity contribution is -0.218. The highest BCUT2D eigenvalue weighted by Crippen LogP contribution is 2.44. The fraction of sp³-hybridized carbons (Fsp3) is 0.360. The van der Waals surface area contributed by atoms with Gasteiger partial charge >= 0.3 is 0 Å². The second kappa shape index (κ2) is 8.60. The molecule has 2 aliphatic rings. The molecule has 2 fully saturated rings. The van der Waals surface area contributed by atoms with Crippen molar-refractivity contribution in [1.82, 2.24) is 0 Å². The first-order valence-corrected chi connectivity index (χ1v) is 11.1. The van der Waals surface area contributed by atoms with E-state index < -0.39 is 17.7 Å². The van der Waals surface area contributed by atoms with Crippen LogP contribution in [0.2, 0.25) is 0 Å². The Morgan fingerprint density at radius 3 is 2.93 bits per heavy atom. The standard InChI is InChI=1S/C25H27FO3S/c1-4-18(7-6-17(3)26)24-10-9-23(30-24)12-19-11-20(8-5-16(19)2)25-14-21(27)13-22(29-25)15-28-25/h4-11,21-22,27H,3,12-15H2,1-2H3/b7-6-,18-4+. The molecule has 2 bridgehead atoms. The minimum absolute atomic E-state index is 0.0360. The van der Waals surface area contributed by atoms with Crippen LogP contribution in [0.4, 0.5) is 4.39 Å². The van der Waals surface area contributed by atoms with Crippen LogP contribution in [0.25, 0.3) is 5.57 Å². The Balaban J connectivity index is 1.57. The Morgan fingerprint density at radius 1 is 1.33 bits per heavy atom. The highest BCUT2D eigenvalue weighted by molar-refractivity contribution is 7.13. The molecule has 0 amide bonds. The maximum absolute atomic E-state index is 13.0. The average molecular weight is 427 g/mol. The van der Waals surface area contributed by atoms with Gasteiger partial charge in [0.15, 0.2) is 5.79 Å². The fourth-order valence-electron chi connectivity index (χ4n) is 4.17. The lowest BCUT2D eigenvalue weighted by Crippen LogP contribution is -2.38. The molecule has 0 saturated carbocycles. The predicted molar refractivity (Wildman–Crippen MR) is 119 cm³/mol. The Kier molecular flexibility index (Phi) is 6.07. The highest BCUT2D eigenvalue weighted by atomic mass is 32.1. The van der Waals surface area contributed by atoms with Crippen molar-refractivity contribution in [2.45, 2.75) is 51.1 Å². The number of benzene rings is 1. The van der Waals surface area contributed by atoms with Crippen molar-refractivity contribution in [1.29, 1.82) is 0 Å². The summed E-state index contributed by atoms with van der Waals surface area (Å²) in [5, 5.41) is 10.2. The molecule has 30 heavy (non-hydrogen) atoms. The van der Waals surface area contributed by atoms with Crippen LogP contribution in [0.5, 0.6) is 0 Å². The second-order valence-electron chi connectivity index (χ2n) is 8.01. The Morgan fingerprint density at radius 2 is 2.17 bits per heavy atom. The monoisotopic (exact) mass is 426 g/mol. The molecular formula is C25H27FO3S. The van der Waals surface area contributed by atoms with Crippen molar-refractivity contribution in [3.8, 4) is 0 Å². The molecule has 5 heteroatoms. The summed E-state index contributed by atoms with van der Waals surface area (Å²) in [4.78, 5) is 2.32. The molecule has 1 N–H and O–H groups in total. The van der Waals surface area contributed by atoms with Gasteiger partial charge in [-0.15, -0.1) is 11.3 Å². The van der Waals surface area contributed by atoms with Gasteiger partial charge in [-0.25, -0.2) is 4.39 Å². The van der Waals surface area contributed by atoms with Gasteiger partial charge in [-0.05, 0) is 54.8 Å². The minimum Gasteiger partial charge on any atom is -0.393 e. The number of hydrogen-bond acceptors (Lipinski definition) is 4. The molecule has 1 aromatic carbocycles. The Bertz CT molecular complexity index is 1010. The van der Waals surface area contributed by atoms with Crippen molar-refractivity contribution < 1.29 is 19.0 Å². The van der Waals surface area contributed by atoms with Crippen LogP contribution in [0.3, 0.4) is 0 Å². The summed E-state index contributed by atoms with van der Waals surface area (Å²) in [5.74, 6) is -1.28. The van der Waals surface area contributed by atoms with Crippen molar-refractivity contribution >= 4 is 16.9 Å². The smallest absolute Gasteiger partial charge is 0.197 e. The lowest BCUT2D eigenvalue weighted by Gasteiger charge is -2.35. The summed E-state index contributed by atoms with van der Waals surface area (Å²) in [7, 11) is 0. The van der Waals surface area contributed by atoms with E-state index in [9.17, 15) is 9.50 Å². The molecule has 3 unspecified atom stereocenters.